The molecule has 0 aliphatic rings. The first kappa shape index (κ1) is 9.60. The maximum Gasteiger partial charge on any atom is 0.117 e. The Hall–Kier alpha value is -1.61. The lowest BCUT2D eigenvalue weighted by Gasteiger charge is -2.04. The molecule has 2 nitrogen and oxygen atoms in total. The van der Waals surface area contributed by atoms with E-state index in [-0.39, 0.29) is 0 Å². The van der Waals surface area contributed by atoms with Crippen LogP contribution in [0.3, 0.4) is 0 Å². The third-order valence-electron chi connectivity index (χ3n) is 2.66. The molecule has 0 unspecified atom stereocenters. The van der Waals surface area contributed by atoms with E-state index in [4.69, 9.17) is 0 Å². The topological polar surface area (TPSA) is 25.8 Å². The summed E-state index contributed by atoms with van der Waals surface area (Å²) < 4.78 is 0. The van der Waals surface area contributed by atoms with Crippen molar-refractivity contribution in [3.8, 4) is 0 Å². The zero-order valence-corrected chi connectivity index (χ0v) is 9.66. The summed E-state index contributed by atoms with van der Waals surface area (Å²) >= 11 is 1.66. The van der Waals surface area contributed by atoms with Crippen molar-refractivity contribution >= 4 is 33.4 Å². The van der Waals surface area contributed by atoms with Gasteiger partial charge < -0.3 is 0 Å². The van der Waals surface area contributed by atoms with Gasteiger partial charge in [-0.25, -0.2) is 9.97 Å². The fourth-order valence-electron chi connectivity index (χ4n) is 1.88. The Kier molecular flexibility index (Phi) is 2.26. The van der Waals surface area contributed by atoms with E-state index in [1.54, 1.807) is 18.1 Å². The maximum absolute atomic E-state index is 4.32. The molecule has 0 N–H and O–H groups in total. The van der Waals surface area contributed by atoms with Crippen molar-refractivity contribution in [1.82, 2.24) is 9.97 Å². The van der Waals surface area contributed by atoms with Crippen molar-refractivity contribution in [3.63, 3.8) is 0 Å². The Balaban J connectivity index is 2.46. The van der Waals surface area contributed by atoms with Gasteiger partial charge in [-0.2, -0.15) is 0 Å². The molecule has 3 rings (SSSR count). The van der Waals surface area contributed by atoms with Gasteiger partial charge in [0.05, 0.1) is 5.52 Å². The van der Waals surface area contributed by atoms with Crippen LogP contribution < -0.4 is 0 Å². The van der Waals surface area contributed by atoms with Gasteiger partial charge in [0.1, 0.15) is 11.4 Å². The van der Waals surface area contributed by atoms with Crippen LogP contribution in [0.2, 0.25) is 0 Å². The number of fused-ring (bicyclic) bond motifs is 2. The number of hydrogen-bond acceptors (Lipinski definition) is 3. The summed E-state index contributed by atoms with van der Waals surface area (Å²) in [6, 6.07) is 12.6. The first-order chi connectivity index (χ1) is 7.88. The van der Waals surface area contributed by atoms with Crippen molar-refractivity contribution in [2.24, 2.45) is 0 Å². The van der Waals surface area contributed by atoms with Crippen LogP contribution in [0.25, 0.3) is 21.7 Å². The third kappa shape index (κ3) is 1.44. The summed E-state index contributed by atoms with van der Waals surface area (Å²) in [6.07, 6.45) is 3.67. The molecule has 0 aliphatic carbocycles. The standard InChI is InChI=1S/C13H10N2S/c1-16-13-11-6-9-4-2-3-5-10(9)7-12(11)14-8-15-13/h2-8H,1H3. The second-order valence-corrected chi connectivity index (χ2v) is 4.39. The van der Waals surface area contributed by atoms with E-state index in [0.717, 1.165) is 15.9 Å². The van der Waals surface area contributed by atoms with E-state index in [0.29, 0.717) is 0 Å². The second kappa shape index (κ2) is 3.76. The van der Waals surface area contributed by atoms with Crippen LogP contribution >= 0.6 is 11.8 Å². The van der Waals surface area contributed by atoms with Gasteiger partial charge in [0.15, 0.2) is 0 Å². The second-order valence-electron chi connectivity index (χ2n) is 3.60. The molecule has 16 heavy (non-hydrogen) atoms. The van der Waals surface area contributed by atoms with Gasteiger partial charge in [-0.3, -0.25) is 0 Å². The number of benzene rings is 2. The van der Waals surface area contributed by atoms with Crippen LogP contribution in [0.15, 0.2) is 47.8 Å². The monoisotopic (exact) mass is 226 g/mol. The van der Waals surface area contributed by atoms with E-state index < -0.39 is 0 Å². The Morgan fingerprint density at radius 1 is 1.00 bits per heavy atom. The number of hydrogen-bond donors (Lipinski definition) is 0. The fraction of sp³-hybridized carbons (Fsp3) is 0.0769. The zero-order valence-electron chi connectivity index (χ0n) is 8.84. The van der Waals surface area contributed by atoms with Gasteiger partial charge in [0.25, 0.3) is 0 Å². The molecule has 0 bridgehead atoms. The van der Waals surface area contributed by atoms with Crippen molar-refractivity contribution in [1.29, 1.82) is 0 Å². The molecule has 3 heteroatoms. The minimum absolute atomic E-state index is 1.01. The maximum atomic E-state index is 4.32. The molecule has 0 radical (unpaired) electrons. The highest BCUT2D eigenvalue weighted by molar-refractivity contribution is 7.98. The number of thioether (sulfide) groups is 1. The van der Waals surface area contributed by atoms with Crippen LogP contribution in [0.4, 0.5) is 0 Å². The summed E-state index contributed by atoms with van der Waals surface area (Å²) in [5.41, 5.74) is 1.01. The van der Waals surface area contributed by atoms with E-state index >= 15 is 0 Å². The molecular weight excluding hydrogens is 216 g/mol. The summed E-state index contributed by atoms with van der Waals surface area (Å²) in [5, 5.41) is 4.63. The quantitative estimate of drug-likeness (QED) is 0.361. The van der Waals surface area contributed by atoms with Crippen molar-refractivity contribution < 1.29 is 0 Å². The van der Waals surface area contributed by atoms with Gasteiger partial charge in [-0.05, 0) is 29.2 Å². The minimum Gasteiger partial charge on any atom is -0.236 e. The highest BCUT2D eigenvalue weighted by Crippen LogP contribution is 2.26. The van der Waals surface area contributed by atoms with Crippen LogP contribution in [0, 0.1) is 0 Å². The average molecular weight is 226 g/mol. The number of nitrogens with zero attached hydrogens (tertiary/aromatic N) is 2. The molecule has 3 aromatic rings. The summed E-state index contributed by atoms with van der Waals surface area (Å²) in [4.78, 5) is 8.60. The van der Waals surface area contributed by atoms with Gasteiger partial charge in [0, 0.05) is 5.39 Å². The number of aromatic nitrogens is 2. The van der Waals surface area contributed by atoms with Gasteiger partial charge in [-0.1, -0.05) is 24.3 Å². The lowest BCUT2D eigenvalue weighted by atomic mass is 10.1. The predicted molar refractivity (Wildman–Crippen MR) is 68.8 cm³/mol. The van der Waals surface area contributed by atoms with E-state index in [1.807, 2.05) is 12.3 Å². The van der Waals surface area contributed by atoms with Crippen LogP contribution in [0.1, 0.15) is 0 Å². The fourth-order valence-corrected chi connectivity index (χ4v) is 2.42. The molecule has 0 atom stereocenters. The minimum atomic E-state index is 1.01. The average Bonchev–Trinajstić information content (AvgIpc) is 2.35. The normalized spacial score (nSPS) is 11.1. The lowest BCUT2D eigenvalue weighted by Crippen LogP contribution is -1.86. The first-order valence-corrected chi connectivity index (χ1v) is 6.28. The van der Waals surface area contributed by atoms with Crippen LogP contribution in [-0.2, 0) is 0 Å². The smallest absolute Gasteiger partial charge is 0.117 e. The van der Waals surface area contributed by atoms with Crippen molar-refractivity contribution in [2.45, 2.75) is 5.03 Å². The number of rotatable bonds is 1. The van der Waals surface area contributed by atoms with Gasteiger partial charge >= 0.3 is 0 Å². The van der Waals surface area contributed by atoms with Crippen molar-refractivity contribution in [2.75, 3.05) is 6.26 Å². The van der Waals surface area contributed by atoms with Gasteiger partial charge in [-0.15, -0.1) is 11.8 Å². The zero-order chi connectivity index (χ0) is 11.0. The first-order valence-electron chi connectivity index (χ1n) is 5.06. The Morgan fingerprint density at radius 2 is 1.75 bits per heavy atom. The molecule has 0 amide bonds. The highest BCUT2D eigenvalue weighted by atomic mass is 32.2. The molecule has 0 spiro atoms. The third-order valence-corrected chi connectivity index (χ3v) is 3.37. The molecule has 2 aromatic carbocycles. The molecular formula is C13H10N2S. The van der Waals surface area contributed by atoms with Crippen LogP contribution in [0.5, 0.6) is 0 Å². The van der Waals surface area contributed by atoms with E-state index in [1.165, 1.54) is 10.8 Å². The molecule has 1 aromatic heterocycles. The van der Waals surface area contributed by atoms with E-state index in [9.17, 15) is 0 Å². The molecule has 78 valence electrons. The van der Waals surface area contributed by atoms with E-state index in [2.05, 4.69) is 40.3 Å². The lowest BCUT2D eigenvalue weighted by molar-refractivity contribution is 1.11. The van der Waals surface area contributed by atoms with Crippen LogP contribution in [-0.4, -0.2) is 16.2 Å². The Bertz CT molecular complexity index is 664. The molecule has 0 fully saturated rings. The molecule has 1 heterocycles. The molecule has 0 saturated carbocycles. The Labute approximate surface area is 97.7 Å². The highest BCUT2D eigenvalue weighted by Gasteiger charge is 2.03. The van der Waals surface area contributed by atoms with Crippen molar-refractivity contribution in [3.05, 3.63) is 42.7 Å². The van der Waals surface area contributed by atoms with Gasteiger partial charge in [0.2, 0.25) is 0 Å². The summed E-state index contributed by atoms with van der Waals surface area (Å²) in [5.74, 6) is 0. The Morgan fingerprint density at radius 3 is 2.50 bits per heavy atom. The predicted octanol–water partition coefficient (Wildman–Crippen LogP) is 3.50. The largest absolute Gasteiger partial charge is 0.236 e. The summed E-state index contributed by atoms with van der Waals surface area (Å²) in [6.45, 7) is 0. The SMILES string of the molecule is CSc1ncnc2cc3ccccc3cc12. The molecule has 0 aliphatic heterocycles. The molecule has 0 saturated heterocycles. The summed E-state index contributed by atoms with van der Waals surface area (Å²) in [7, 11) is 0.